The SMILES string of the molecule is O=S(=O)(c1cccc(Cl)c1)N1CC(n2cc(-c3ccccc3)nn2)C1. The van der Waals surface area contributed by atoms with Crippen LogP contribution in [0.4, 0.5) is 0 Å². The van der Waals surface area contributed by atoms with E-state index in [1.807, 2.05) is 36.5 Å². The molecule has 0 atom stereocenters. The first-order chi connectivity index (χ1) is 12.0. The smallest absolute Gasteiger partial charge is 0.243 e. The fourth-order valence-corrected chi connectivity index (χ4v) is 4.57. The van der Waals surface area contributed by atoms with Crippen molar-refractivity contribution in [2.75, 3.05) is 13.1 Å². The first-order valence-electron chi connectivity index (χ1n) is 7.77. The molecular weight excluding hydrogens is 360 g/mol. The maximum atomic E-state index is 12.6. The number of halogens is 1. The van der Waals surface area contributed by atoms with Crippen molar-refractivity contribution in [2.24, 2.45) is 0 Å². The van der Waals surface area contributed by atoms with Gasteiger partial charge in [-0.2, -0.15) is 4.31 Å². The molecule has 25 heavy (non-hydrogen) atoms. The minimum Gasteiger partial charge on any atom is -0.246 e. The van der Waals surface area contributed by atoms with E-state index in [-0.39, 0.29) is 10.9 Å². The molecule has 0 radical (unpaired) electrons. The number of nitrogens with zero attached hydrogens (tertiary/aromatic N) is 4. The van der Waals surface area contributed by atoms with Crippen molar-refractivity contribution in [3.63, 3.8) is 0 Å². The summed E-state index contributed by atoms with van der Waals surface area (Å²) < 4.78 is 28.3. The molecule has 0 bridgehead atoms. The highest BCUT2D eigenvalue weighted by molar-refractivity contribution is 7.89. The minimum atomic E-state index is -3.52. The molecule has 3 aromatic rings. The van der Waals surface area contributed by atoms with Gasteiger partial charge in [-0.25, -0.2) is 13.1 Å². The predicted octanol–water partition coefficient (Wildman–Crippen LogP) is 2.84. The number of sulfonamides is 1. The zero-order chi connectivity index (χ0) is 17.4. The van der Waals surface area contributed by atoms with Crippen molar-refractivity contribution >= 4 is 21.6 Å². The van der Waals surface area contributed by atoms with E-state index in [4.69, 9.17) is 11.6 Å². The molecule has 1 aliphatic heterocycles. The molecular formula is C17H15ClN4O2S. The van der Waals surface area contributed by atoms with E-state index in [1.165, 1.54) is 10.4 Å². The monoisotopic (exact) mass is 374 g/mol. The number of hydrogen-bond donors (Lipinski definition) is 0. The number of aromatic nitrogens is 3. The molecule has 8 heteroatoms. The normalized spacial score (nSPS) is 15.9. The standard InChI is InChI=1S/C17H15ClN4O2S/c18-14-7-4-8-16(9-14)25(23,24)21-10-15(11-21)22-12-17(19-20-22)13-5-2-1-3-6-13/h1-9,12,15H,10-11H2. The van der Waals surface area contributed by atoms with Gasteiger partial charge in [-0.15, -0.1) is 5.10 Å². The van der Waals surface area contributed by atoms with E-state index in [0.717, 1.165) is 11.3 Å². The van der Waals surface area contributed by atoms with Crippen LogP contribution in [-0.2, 0) is 10.0 Å². The molecule has 1 saturated heterocycles. The van der Waals surface area contributed by atoms with Crippen LogP contribution in [0.2, 0.25) is 5.02 Å². The van der Waals surface area contributed by atoms with E-state index in [9.17, 15) is 8.42 Å². The Bertz CT molecular complexity index is 998. The molecule has 0 unspecified atom stereocenters. The third-order valence-corrected chi connectivity index (χ3v) is 6.28. The molecule has 0 N–H and O–H groups in total. The largest absolute Gasteiger partial charge is 0.246 e. The first-order valence-corrected chi connectivity index (χ1v) is 9.59. The Kier molecular flexibility index (Phi) is 4.07. The average molecular weight is 375 g/mol. The summed E-state index contributed by atoms with van der Waals surface area (Å²) in [5.74, 6) is 0. The van der Waals surface area contributed by atoms with Gasteiger partial charge >= 0.3 is 0 Å². The third kappa shape index (κ3) is 3.06. The highest BCUT2D eigenvalue weighted by Crippen LogP contribution is 2.29. The summed E-state index contributed by atoms with van der Waals surface area (Å²) in [5, 5.41) is 8.72. The molecule has 128 valence electrons. The van der Waals surface area contributed by atoms with Crippen molar-refractivity contribution in [1.82, 2.24) is 19.3 Å². The van der Waals surface area contributed by atoms with Crippen LogP contribution in [0.5, 0.6) is 0 Å². The predicted molar refractivity (Wildman–Crippen MR) is 94.7 cm³/mol. The van der Waals surface area contributed by atoms with E-state index < -0.39 is 10.0 Å². The van der Waals surface area contributed by atoms with Crippen LogP contribution in [0.15, 0.2) is 65.7 Å². The van der Waals surface area contributed by atoms with Gasteiger partial charge in [-0.1, -0.05) is 53.2 Å². The zero-order valence-corrected chi connectivity index (χ0v) is 14.7. The van der Waals surface area contributed by atoms with E-state index >= 15 is 0 Å². The number of benzene rings is 2. The lowest BCUT2D eigenvalue weighted by molar-refractivity contribution is 0.189. The summed E-state index contributed by atoms with van der Waals surface area (Å²) in [5.41, 5.74) is 1.76. The van der Waals surface area contributed by atoms with Crippen LogP contribution in [0.25, 0.3) is 11.3 Å². The molecule has 0 saturated carbocycles. The molecule has 2 heterocycles. The highest BCUT2D eigenvalue weighted by atomic mass is 35.5. The van der Waals surface area contributed by atoms with E-state index in [2.05, 4.69) is 10.3 Å². The lowest BCUT2D eigenvalue weighted by Gasteiger charge is -2.37. The van der Waals surface area contributed by atoms with Crippen molar-refractivity contribution in [2.45, 2.75) is 10.9 Å². The van der Waals surface area contributed by atoms with Gasteiger partial charge < -0.3 is 0 Å². The van der Waals surface area contributed by atoms with Gasteiger partial charge in [-0.05, 0) is 18.2 Å². The summed E-state index contributed by atoms with van der Waals surface area (Å²) in [6.07, 6.45) is 1.85. The summed E-state index contributed by atoms with van der Waals surface area (Å²) >= 11 is 5.90. The maximum Gasteiger partial charge on any atom is 0.243 e. The number of hydrogen-bond acceptors (Lipinski definition) is 4. The Morgan fingerprint density at radius 3 is 2.52 bits per heavy atom. The second kappa shape index (κ2) is 6.25. The average Bonchev–Trinajstić information content (AvgIpc) is 3.04. The van der Waals surface area contributed by atoms with Crippen molar-refractivity contribution in [1.29, 1.82) is 0 Å². The fraction of sp³-hybridized carbons (Fsp3) is 0.176. The van der Waals surface area contributed by atoms with Gasteiger partial charge in [0.2, 0.25) is 10.0 Å². The second-order valence-corrected chi connectivity index (χ2v) is 8.26. The Morgan fingerprint density at radius 2 is 1.80 bits per heavy atom. The van der Waals surface area contributed by atoms with Crippen molar-refractivity contribution < 1.29 is 8.42 Å². The van der Waals surface area contributed by atoms with Crippen LogP contribution in [-0.4, -0.2) is 40.8 Å². The molecule has 1 aliphatic rings. The van der Waals surface area contributed by atoms with Gasteiger partial charge in [-0.3, -0.25) is 0 Å². The van der Waals surface area contributed by atoms with E-state index in [1.54, 1.807) is 22.9 Å². The zero-order valence-electron chi connectivity index (χ0n) is 13.2. The van der Waals surface area contributed by atoms with Gasteiger partial charge in [0.15, 0.2) is 0 Å². The summed E-state index contributed by atoms with van der Waals surface area (Å²) in [4.78, 5) is 0.210. The van der Waals surface area contributed by atoms with Gasteiger partial charge in [0.1, 0.15) is 5.69 Å². The molecule has 0 spiro atoms. The molecule has 4 rings (SSSR count). The Morgan fingerprint density at radius 1 is 1.04 bits per heavy atom. The highest BCUT2D eigenvalue weighted by Gasteiger charge is 2.38. The minimum absolute atomic E-state index is 0.0149. The summed E-state index contributed by atoms with van der Waals surface area (Å²) in [6, 6.07) is 16.0. The third-order valence-electron chi connectivity index (χ3n) is 4.22. The van der Waals surface area contributed by atoms with Crippen LogP contribution >= 0.6 is 11.6 Å². The van der Waals surface area contributed by atoms with Gasteiger partial charge in [0.25, 0.3) is 0 Å². The van der Waals surface area contributed by atoms with Gasteiger partial charge in [0.05, 0.1) is 17.1 Å². The molecule has 0 aliphatic carbocycles. The maximum absolute atomic E-state index is 12.6. The number of rotatable bonds is 4. The second-order valence-electron chi connectivity index (χ2n) is 5.88. The van der Waals surface area contributed by atoms with Crippen LogP contribution in [0, 0.1) is 0 Å². The van der Waals surface area contributed by atoms with Gasteiger partial charge in [0, 0.05) is 23.7 Å². The fourth-order valence-electron chi connectivity index (χ4n) is 2.75. The Balaban J connectivity index is 1.48. The summed E-state index contributed by atoms with van der Waals surface area (Å²) in [6.45, 7) is 0.735. The Labute approximate surface area is 150 Å². The van der Waals surface area contributed by atoms with Crippen LogP contribution in [0.1, 0.15) is 6.04 Å². The lowest BCUT2D eigenvalue weighted by atomic mass is 10.1. The Hall–Kier alpha value is -2.22. The topological polar surface area (TPSA) is 68.1 Å². The molecule has 6 nitrogen and oxygen atoms in total. The molecule has 2 aromatic carbocycles. The lowest BCUT2D eigenvalue weighted by Crippen LogP contribution is -2.50. The summed E-state index contributed by atoms with van der Waals surface area (Å²) in [7, 11) is -3.52. The van der Waals surface area contributed by atoms with Crippen LogP contribution < -0.4 is 0 Å². The van der Waals surface area contributed by atoms with Crippen molar-refractivity contribution in [3.8, 4) is 11.3 Å². The van der Waals surface area contributed by atoms with E-state index in [0.29, 0.717) is 18.1 Å². The van der Waals surface area contributed by atoms with Crippen LogP contribution in [0.3, 0.4) is 0 Å². The molecule has 1 aromatic heterocycles. The molecule has 0 amide bonds. The first kappa shape index (κ1) is 16.3. The molecule has 1 fully saturated rings. The van der Waals surface area contributed by atoms with Crippen molar-refractivity contribution in [3.05, 3.63) is 65.8 Å². The quantitative estimate of drug-likeness (QED) is 0.704.